The third kappa shape index (κ3) is 4.45. The Labute approximate surface area is 92.3 Å². The summed E-state index contributed by atoms with van der Waals surface area (Å²) in [5, 5.41) is 12.6. The van der Waals surface area contributed by atoms with Crippen LogP contribution in [0.25, 0.3) is 0 Å². The average molecular weight is 207 g/mol. The molecule has 0 aliphatic carbocycles. The quantitative estimate of drug-likeness (QED) is 0.795. The summed E-state index contributed by atoms with van der Waals surface area (Å²) in [6.45, 7) is 6.63. The highest BCUT2D eigenvalue weighted by Crippen LogP contribution is 2.19. The molecule has 0 aliphatic rings. The van der Waals surface area contributed by atoms with Gasteiger partial charge in [0.1, 0.15) is 0 Å². The molecule has 15 heavy (non-hydrogen) atoms. The van der Waals surface area contributed by atoms with Gasteiger partial charge in [-0.25, -0.2) is 0 Å². The van der Waals surface area contributed by atoms with Crippen molar-refractivity contribution in [1.29, 1.82) is 0 Å². The fraction of sp³-hybridized carbons (Fsp3) is 0.538. The standard InChI is InChI=1S/C13H21NO/c1-13(2,3)14-12(9-10-15)11-7-5-4-6-8-11/h4-8,12,14-15H,9-10H2,1-3H3. The first kappa shape index (κ1) is 12.2. The van der Waals surface area contributed by atoms with Crippen molar-refractivity contribution < 1.29 is 5.11 Å². The predicted octanol–water partition coefficient (Wildman–Crippen LogP) is 2.50. The van der Waals surface area contributed by atoms with Gasteiger partial charge in [-0.1, -0.05) is 30.3 Å². The largest absolute Gasteiger partial charge is 0.396 e. The first-order chi connectivity index (χ1) is 7.03. The second kappa shape index (κ2) is 5.29. The van der Waals surface area contributed by atoms with Crippen LogP contribution in [0.4, 0.5) is 0 Å². The van der Waals surface area contributed by atoms with Gasteiger partial charge in [-0.15, -0.1) is 0 Å². The average Bonchev–Trinajstić information content (AvgIpc) is 2.17. The van der Waals surface area contributed by atoms with E-state index in [1.165, 1.54) is 5.56 Å². The van der Waals surface area contributed by atoms with Crippen LogP contribution in [0.15, 0.2) is 30.3 Å². The molecule has 1 aromatic rings. The third-order valence-corrected chi connectivity index (χ3v) is 2.23. The number of hydrogen-bond acceptors (Lipinski definition) is 2. The molecule has 1 atom stereocenters. The first-order valence-corrected chi connectivity index (χ1v) is 5.46. The third-order valence-electron chi connectivity index (χ3n) is 2.23. The maximum Gasteiger partial charge on any atom is 0.0449 e. The predicted molar refractivity (Wildman–Crippen MR) is 63.8 cm³/mol. The maximum absolute atomic E-state index is 9.05. The molecule has 0 spiro atoms. The van der Waals surface area contributed by atoms with Crippen LogP contribution in [0.2, 0.25) is 0 Å². The van der Waals surface area contributed by atoms with E-state index in [4.69, 9.17) is 5.11 Å². The molecule has 0 saturated heterocycles. The van der Waals surface area contributed by atoms with Gasteiger partial charge < -0.3 is 10.4 Å². The lowest BCUT2D eigenvalue weighted by Gasteiger charge is -2.28. The van der Waals surface area contributed by atoms with E-state index < -0.39 is 0 Å². The van der Waals surface area contributed by atoms with Gasteiger partial charge >= 0.3 is 0 Å². The van der Waals surface area contributed by atoms with E-state index in [1.54, 1.807) is 0 Å². The van der Waals surface area contributed by atoms with E-state index in [1.807, 2.05) is 18.2 Å². The Hall–Kier alpha value is -0.860. The minimum absolute atomic E-state index is 0.0652. The Kier molecular flexibility index (Phi) is 4.30. The SMILES string of the molecule is CC(C)(C)NC(CCO)c1ccccc1. The summed E-state index contributed by atoms with van der Waals surface area (Å²) in [5.74, 6) is 0. The Morgan fingerprint density at radius 3 is 2.27 bits per heavy atom. The number of aliphatic hydroxyl groups is 1. The van der Waals surface area contributed by atoms with E-state index in [9.17, 15) is 0 Å². The van der Waals surface area contributed by atoms with Crippen molar-refractivity contribution in [2.45, 2.75) is 38.8 Å². The number of nitrogens with one attached hydrogen (secondary N) is 1. The number of hydrogen-bond donors (Lipinski definition) is 2. The van der Waals surface area contributed by atoms with Crippen LogP contribution >= 0.6 is 0 Å². The number of rotatable bonds is 4. The van der Waals surface area contributed by atoms with E-state index >= 15 is 0 Å². The smallest absolute Gasteiger partial charge is 0.0449 e. The van der Waals surface area contributed by atoms with Gasteiger partial charge in [-0.05, 0) is 32.8 Å². The van der Waals surface area contributed by atoms with Gasteiger partial charge in [-0.3, -0.25) is 0 Å². The van der Waals surface area contributed by atoms with Crippen LogP contribution in [0.5, 0.6) is 0 Å². The molecular formula is C13H21NO. The van der Waals surface area contributed by atoms with Gasteiger partial charge in [0.05, 0.1) is 0 Å². The van der Waals surface area contributed by atoms with Gasteiger partial charge in [-0.2, -0.15) is 0 Å². The molecule has 0 aliphatic heterocycles. The summed E-state index contributed by atoms with van der Waals surface area (Å²) in [7, 11) is 0. The van der Waals surface area contributed by atoms with Crippen molar-refractivity contribution in [3.05, 3.63) is 35.9 Å². The summed E-state index contributed by atoms with van der Waals surface area (Å²) >= 11 is 0. The van der Waals surface area contributed by atoms with Crippen LogP contribution in [-0.4, -0.2) is 17.3 Å². The van der Waals surface area contributed by atoms with E-state index in [2.05, 4.69) is 38.2 Å². The molecule has 0 aromatic heterocycles. The summed E-state index contributed by atoms with van der Waals surface area (Å²) < 4.78 is 0. The molecule has 84 valence electrons. The first-order valence-electron chi connectivity index (χ1n) is 5.46. The highest BCUT2D eigenvalue weighted by molar-refractivity contribution is 5.19. The second-order valence-corrected chi connectivity index (χ2v) is 4.87. The zero-order chi connectivity index (χ0) is 11.3. The molecule has 0 saturated carbocycles. The second-order valence-electron chi connectivity index (χ2n) is 4.87. The monoisotopic (exact) mass is 207 g/mol. The van der Waals surface area contributed by atoms with Crippen LogP contribution in [0.3, 0.4) is 0 Å². The fourth-order valence-corrected chi connectivity index (χ4v) is 1.66. The lowest BCUT2D eigenvalue weighted by molar-refractivity contribution is 0.247. The zero-order valence-electron chi connectivity index (χ0n) is 9.83. The highest BCUT2D eigenvalue weighted by Gasteiger charge is 2.17. The molecule has 1 rings (SSSR count). The normalized spacial score (nSPS) is 13.9. The molecule has 2 nitrogen and oxygen atoms in total. The van der Waals surface area contributed by atoms with Gasteiger partial charge in [0.2, 0.25) is 0 Å². The summed E-state index contributed by atoms with van der Waals surface area (Å²) in [4.78, 5) is 0. The number of aliphatic hydroxyl groups excluding tert-OH is 1. The highest BCUT2D eigenvalue weighted by atomic mass is 16.3. The molecular weight excluding hydrogens is 186 g/mol. The molecule has 2 N–H and O–H groups in total. The Morgan fingerprint density at radius 1 is 1.20 bits per heavy atom. The molecule has 0 amide bonds. The van der Waals surface area contributed by atoms with Crippen molar-refractivity contribution in [1.82, 2.24) is 5.32 Å². The van der Waals surface area contributed by atoms with Crippen LogP contribution in [0, 0.1) is 0 Å². The van der Waals surface area contributed by atoms with Crippen molar-refractivity contribution in [3.63, 3.8) is 0 Å². The van der Waals surface area contributed by atoms with Crippen molar-refractivity contribution in [2.24, 2.45) is 0 Å². The molecule has 1 unspecified atom stereocenters. The van der Waals surface area contributed by atoms with Crippen LogP contribution in [0.1, 0.15) is 38.8 Å². The molecule has 2 heteroatoms. The van der Waals surface area contributed by atoms with Crippen LogP contribution < -0.4 is 5.32 Å². The summed E-state index contributed by atoms with van der Waals surface area (Å²) in [6, 6.07) is 10.5. The van der Waals surface area contributed by atoms with Gasteiger partial charge in [0, 0.05) is 18.2 Å². The Balaban J connectivity index is 2.75. The summed E-state index contributed by atoms with van der Waals surface area (Å²) in [5.41, 5.74) is 1.30. The fourth-order valence-electron chi connectivity index (χ4n) is 1.66. The minimum Gasteiger partial charge on any atom is -0.396 e. The Morgan fingerprint density at radius 2 is 1.80 bits per heavy atom. The van der Waals surface area contributed by atoms with E-state index in [0.717, 1.165) is 6.42 Å². The van der Waals surface area contributed by atoms with Gasteiger partial charge in [0.25, 0.3) is 0 Å². The zero-order valence-corrected chi connectivity index (χ0v) is 9.83. The molecule has 0 radical (unpaired) electrons. The molecule has 0 bridgehead atoms. The summed E-state index contributed by atoms with van der Waals surface area (Å²) in [6.07, 6.45) is 0.751. The van der Waals surface area contributed by atoms with Crippen molar-refractivity contribution in [2.75, 3.05) is 6.61 Å². The lowest BCUT2D eigenvalue weighted by atomic mass is 9.99. The maximum atomic E-state index is 9.05. The lowest BCUT2D eigenvalue weighted by Crippen LogP contribution is -2.39. The van der Waals surface area contributed by atoms with E-state index in [0.29, 0.717) is 0 Å². The topological polar surface area (TPSA) is 32.3 Å². The van der Waals surface area contributed by atoms with Crippen LogP contribution in [-0.2, 0) is 0 Å². The number of benzene rings is 1. The van der Waals surface area contributed by atoms with E-state index in [-0.39, 0.29) is 18.2 Å². The molecule has 1 aromatic carbocycles. The van der Waals surface area contributed by atoms with Gasteiger partial charge in [0.15, 0.2) is 0 Å². The molecule has 0 fully saturated rings. The van der Waals surface area contributed by atoms with Crippen molar-refractivity contribution in [3.8, 4) is 0 Å². The molecule has 0 heterocycles. The van der Waals surface area contributed by atoms with Crippen molar-refractivity contribution >= 4 is 0 Å². The Bertz CT molecular complexity index is 276. The minimum atomic E-state index is 0.0652.